The highest BCUT2D eigenvalue weighted by molar-refractivity contribution is 4.74. The first-order valence-corrected chi connectivity index (χ1v) is 2.96. The van der Waals surface area contributed by atoms with Crippen molar-refractivity contribution >= 4 is 0 Å². The Balaban J connectivity index is 1.86. The van der Waals surface area contributed by atoms with Gasteiger partial charge in [0.1, 0.15) is 0 Å². The highest BCUT2D eigenvalue weighted by Crippen LogP contribution is 1.95. The average molecular weight is 116 g/mol. The highest BCUT2D eigenvalue weighted by Gasteiger charge is 2.15. The first-order chi connectivity index (χ1) is 3.93. The zero-order valence-electron chi connectivity index (χ0n) is 4.89. The van der Waals surface area contributed by atoms with Gasteiger partial charge >= 0.3 is 0 Å². The third kappa shape index (κ3) is 1.43. The molecule has 1 aliphatic heterocycles. The molecule has 0 atom stereocenters. The Morgan fingerprint density at radius 1 is 1.62 bits per heavy atom. The molecule has 0 spiro atoms. The molecule has 0 aromatic carbocycles. The van der Waals surface area contributed by atoms with E-state index in [1.165, 1.54) is 0 Å². The minimum absolute atomic E-state index is 0.443. The molecule has 48 valence electrons. The predicted molar refractivity (Wildman–Crippen MR) is 31.7 cm³/mol. The van der Waals surface area contributed by atoms with E-state index in [-0.39, 0.29) is 0 Å². The van der Waals surface area contributed by atoms with Crippen molar-refractivity contribution in [1.82, 2.24) is 5.32 Å². The summed E-state index contributed by atoms with van der Waals surface area (Å²) in [6.45, 7) is 3.34. The van der Waals surface area contributed by atoms with Crippen molar-refractivity contribution in [2.45, 2.75) is 6.10 Å². The van der Waals surface area contributed by atoms with Gasteiger partial charge in [0.15, 0.2) is 0 Å². The molecule has 0 aliphatic carbocycles. The van der Waals surface area contributed by atoms with E-state index in [9.17, 15) is 0 Å². The van der Waals surface area contributed by atoms with Crippen molar-refractivity contribution in [1.29, 1.82) is 0 Å². The smallest absolute Gasteiger partial charge is 0.0824 e. The Labute approximate surface area is 49.2 Å². The standard InChI is InChI=1S/C5H12N2O/c6-1-2-8-5-3-7-4-5/h5,7H,1-4,6H2. The van der Waals surface area contributed by atoms with E-state index in [1.807, 2.05) is 0 Å². The largest absolute Gasteiger partial charge is 0.374 e. The minimum Gasteiger partial charge on any atom is -0.374 e. The summed E-state index contributed by atoms with van der Waals surface area (Å²) in [5, 5.41) is 3.10. The van der Waals surface area contributed by atoms with Crippen molar-refractivity contribution < 1.29 is 4.74 Å². The summed E-state index contributed by atoms with van der Waals surface area (Å²) in [7, 11) is 0. The van der Waals surface area contributed by atoms with Gasteiger partial charge in [-0.2, -0.15) is 0 Å². The van der Waals surface area contributed by atoms with Gasteiger partial charge in [-0.1, -0.05) is 0 Å². The molecule has 1 heterocycles. The van der Waals surface area contributed by atoms with E-state index >= 15 is 0 Å². The lowest BCUT2D eigenvalue weighted by atomic mass is 10.2. The summed E-state index contributed by atoms with van der Waals surface area (Å²) in [6.07, 6.45) is 0.443. The van der Waals surface area contributed by atoms with Crippen LogP contribution in [0.15, 0.2) is 0 Å². The number of hydrogen-bond donors (Lipinski definition) is 2. The molecule has 0 aromatic heterocycles. The van der Waals surface area contributed by atoms with Crippen LogP contribution in [0.2, 0.25) is 0 Å². The highest BCUT2D eigenvalue weighted by atomic mass is 16.5. The maximum absolute atomic E-state index is 5.24. The van der Waals surface area contributed by atoms with Crippen molar-refractivity contribution in [2.75, 3.05) is 26.2 Å². The third-order valence-electron chi connectivity index (χ3n) is 1.22. The van der Waals surface area contributed by atoms with Crippen LogP contribution in [0.5, 0.6) is 0 Å². The first-order valence-electron chi connectivity index (χ1n) is 2.96. The fraction of sp³-hybridized carbons (Fsp3) is 1.00. The summed E-state index contributed by atoms with van der Waals surface area (Å²) < 4.78 is 5.24. The zero-order valence-corrected chi connectivity index (χ0v) is 4.89. The van der Waals surface area contributed by atoms with Gasteiger partial charge in [0.2, 0.25) is 0 Å². The maximum atomic E-state index is 5.24. The number of rotatable bonds is 3. The number of ether oxygens (including phenoxy) is 1. The van der Waals surface area contributed by atoms with Gasteiger partial charge in [-0.05, 0) is 0 Å². The summed E-state index contributed by atoms with van der Waals surface area (Å²) in [5.74, 6) is 0. The Kier molecular flexibility index (Phi) is 2.27. The van der Waals surface area contributed by atoms with Crippen LogP contribution in [0.4, 0.5) is 0 Å². The van der Waals surface area contributed by atoms with Crippen LogP contribution in [0.25, 0.3) is 0 Å². The SMILES string of the molecule is NCCOC1CNC1. The normalized spacial score (nSPS) is 20.6. The quantitative estimate of drug-likeness (QED) is 0.494. The van der Waals surface area contributed by atoms with E-state index in [2.05, 4.69) is 5.32 Å². The monoisotopic (exact) mass is 116 g/mol. The molecule has 1 fully saturated rings. The topological polar surface area (TPSA) is 47.3 Å². The van der Waals surface area contributed by atoms with Crippen LogP contribution in [0.1, 0.15) is 0 Å². The second kappa shape index (κ2) is 3.02. The fourth-order valence-electron chi connectivity index (χ4n) is 0.615. The van der Waals surface area contributed by atoms with Crippen LogP contribution in [-0.4, -0.2) is 32.3 Å². The first kappa shape index (κ1) is 6.01. The Morgan fingerprint density at radius 3 is 2.75 bits per heavy atom. The van der Waals surface area contributed by atoms with Crippen molar-refractivity contribution in [3.63, 3.8) is 0 Å². The molecule has 3 nitrogen and oxygen atoms in total. The van der Waals surface area contributed by atoms with Gasteiger partial charge < -0.3 is 15.8 Å². The molecule has 8 heavy (non-hydrogen) atoms. The van der Waals surface area contributed by atoms with Gasteiger partial charge in [0.25, 0.3) is 0 Å². The predicted octanol–water partition coefficient (Wildman–Crippen LogP) is -1.07. The molecule has 0 radical (unpaired) electrons. The fourth-order valence-corrected chi connectivity index (χ4v) is 0.615. The molecule has 0 amide bonds. The molecule has 3 heteroatoms. The second-order valence-electron chi connectivity index (χ2n) is 1.94. The summed E-state index contributed by atoms with van der Waals surface area (Å²) >= 11 is 0. The average Bonchev–Trinajstić information content (AvgIpc) is 1.63. The van der Waals surface area contributed by atoms with E-state index in [4.69, 9.17) is 10.5 Å². The molecule has 1 saturated heterocycles. The Morgan fingerprint density at radius 2 is 2.38 bits per heavy atom. The minimum atomic E-state index is 0.443. The van der Waals surface area contributed by atoms with Gasteiger partial charge in [0.05, 0.1) is 12.7 Å². The molecule has 0 aromatic rings. The molecule has 1 rings (SSSR count). The van der Waals surface area contributed by atoms with Gasteiger partial charge in [0, 0.05) is 19.6 Å². The lowest BCUT2D eigenvalue weighted by molar-refractivity contribution is 0.0236. The number of nitrogens with two attached hydrogens (primary N) is 1. The second-order valence-corrected chi connectivity index (χ2v) is 1.94. The van der Waals surface area contributed by atoms with Crippen LogP contribution < -0.4 is 11.1 Å². The van der Waals surface area contributed by atoms with E-state index in [0.717, 1.165) is 13.1 Å². The summed E-state index contributed by atoms with van der Waals surface area (Å²) in [5.41, 5.74) is 5.21. The Bertz CT molecular complexity index is 63.4. The van der Waals surface area contributed by atoms with Crippen molar-refractivity contribution in [3.05, 3.63) is 0 Å². The lowest BCUT2D eigenvalue weighted by Gasteiger charge is -2.26. The van der Waals surface area contributed by atoms with Crippen molar-refractivity contribution in [2.24, 2.45) is 5.73 Å². The van der Waals surface area contributed by atoms with Gasteiger partial charge in [-0.3, -0.25) is 0 Å². The zero-order chi connectivity index (χ0) is 5.82. The lowest BCUT2D eigenvalue weighted by Crippen LogP contribution is -2.48. The van der Waals surface area contributed by atoms with Crippen LogP contribution in [0, 0.1) is 0 Å². The van der Waals surface area contributed by atoms with E-state index < -0.39 is 0 Å². The Hall–Kier alpha value is -0.120. The summed E-state index contributed by atoms with van der Waals surface area (Å²) in [4.78, 5) is 0. The molecule has 1 aliphatic rings. The number of nitrogens with one attached hydrogen (secondary N) is 1. The number of hydrogen-bond acceptors (Lipinski definition) is 3. The van der Waals surface area contributed by atoms with Crippen LogP contribution in [-0.2, 0) is 4.74 Å². The molecule has 3 N–H and O–H groups in total. The van der Waals surface area contributed by atoms with Crippen LogP contribution in [0.3, 0.4) is 0 Å². The van der Waals surface area contributed by atoms with Crippen LogP contribution >= 0.6 is 0 Å². The molecule has 0 saturated carbocycles. The maximum Gasteiger partial charge on any atom is 0.0824 e. The van der Waals surface area contributed by atoms with E-state index in [0.29, 0.717) is 19.3 Å². The van der Waals surface area contributed by atoms with Gasteiger partial charge in [-0.15, -0.1) is 0 Å². The van der Waals surface area contributed by atoms with E-state index in [1.54, 1.807) is 0 Å². The molecule has 0 bridgehead atoms. The molecular formula is C5H12N2O. The van der Waals surface area contributed by atoms with Crippen molar-refractivity contribution in [3.8, 4) is 0 Å². The van der Waals surface area contributed by atoms with Gasteiger partial charge in [-0.25, -0.2) is 0 Å². The molecule has 0 unspecified atom stereocenters. The third-order valence-corrected chi connectivity index (χ3v) is 1.22. The summed E-state index contributed by atoms with van der Waals surface area (Å²) in [6, 6.07) is 0. The molecular weight excluding hydrogens is 104 g/mol.